The Balaban J connectivity index is 1.62. The van der Waals surface area contributed by atoms with Crippen molar-refractivity contribution in [1.29, 1.82) is 0 Å². The Bertz CT molecular complexity index is 674. The van der Waals surface area contributed by atoms with Crippen LogP contribution in [0, 0.1) is 11.6 Å². The molecule has 0 saturated carbocycles. The Labute approximate surface area is 132 Å². The van der Waals surface area contributed by atoms with Crippen molar-refractivity contribution >= 4 is 11.7 Å². The molecule has 1 aliphatic rings. The lowest BCUT2D eigenvalue weighted by molar-refractivity contribution is 0.187. The van der Waals surface area contributed by atoms with Crippen LogP contribution in [-0.4, -0.2) is 25.3 Å². The Morgan fingerprint density at radius 2 is 1.57 bits per heavy atom. The lowest BCUT2D eigenvalue weighted by Crippen LogP contribution is -2.41. The number of benzene rings is 2. The molecule has 120 valence electrons. The standard InChI is InChI=1S/C17H16F2N2O2/c18-12-3-1-11(2-4-12)15-9-23-10-16(15)21-17(22)20-14-7-5-13(19)6-8-14/h1-8,15-16H,9-10H2,(H2,20,21,22). The zero-order valence-corrected chi connectivity index (χ0v) is 12.3. The first-order chi connectivity index (χ1) is 11.1. The lowest BCUT2D eigenvalue weighted by atomic mass is 9.94. The van der Waals surface area contributed by atoms with Crippen LogP contribution in [0.3, 0.4) is 0 Å². The van der Waals surface area contributed by atoms with Crippen LogP contribution in [-0.2, 0) is 4.74 Å². The van der Waals surface area contributed by atoms with Gasteiger partial charge in [-0.15, -0.1) is 0 Å². The number of halogens is 2. The van der Waals surface area contributed by atoms with Crippen LogP contribution in [0.1, 0.15) is 11.5 Å². The second kappa shape index (κ2) is 6.75. The number of rotatable bonds is 3. The average molecular weight is 318 g/mol. The fourth-order valence-electron chi connectivity index (χ4n) is 2.60. The first-order valence-electron chi connectivity index (χ1n) is 7.28. The van der Waals surface area contributed by atoms with E-state index in [1.165, 1.54) is 36.4 Å². The van der Waals surface area contributed by atoms with Crippen LogP contribution in [0.15, 0.2) is 48.5 Å². The third-order valence-electron chi connectivity index (χ3n) is 3.80. The fraction of sp³-hybridized carbons (Fsp3) is 0.235. The third-order valence-corrected chi connectivity index (χ3v) is 3.80. The molecule has 0 spiro atoms. The number of urea groups is 1. The summed E-state index contributed by atoms with van der Waals surface area (Å²) in [6.07, 6.45) is 0. The summed E-state index contributed by atoms with van der Waals surface area (Å²) in [5.74, 6) is -0.697. The van der Waals surface area contributed by atoms with Crippen LogP contribution in [0.4, 0.5) is 19.3 Å². The number of anilines is 1. The van der Waals surface area contributed by atoms with E-state index in [4.69, 9.17) is 4.74 Å². The van der Waals surface area contributed by atoms with E-state index in [1.54, 1.807) is 12.1 Å². The second-order valence-corrected chi connectivity index (χ2v) is 5.41. The summed E-state index contributed by atoms with van der Waals surface area (Å²) in [5.41, 5.74) is 1.41. The van der Waals surface area contributed by atoms with Gasteiger partial charge in [-0.05, 0) is 42.0 Å². The van der Waals surface area contributed by atoms with Gasteiger partial charge in [0, 0.05) is 11.6 Å². The molecule has 2 N–H and O–H groups in total. The summed E-state index contributed by atoms with van der Waals surface area (Å²) in [4.78, 5) is 12.1. The number of carbonyl (C=O) groups is 1. The van der Waals surface area contributed by atoms with E-state index < -0.39 is 0 Å². The van der Waals surface area contributed by atoms with Gasteiger partial charge in [0.15, 0.2) is 0 Å². The van der Waals surface area contributed by atoms with Gasteiger partial charge in [-0.1, -0.05) is 12.1 Å². The van der Waals surface area contributed by atoms with Gasteiger partial charge in [-0.25, -0.2) is 13.6 Å². The number of hydrogen-bond acceptors (Lipinski definition) is 2. The molecule has 0 bridgehead atoms. The smallest absolute Gasteiger partial charge is 0.319 e. The number of amides is 2. The summed E-state index contributed by atoms with van der Waals surface area (Å²) in [6.45, 7) is 0.853. The molecule has 0 aliphatic carbocycles. The molecule has 23 heavy (non-hydrogen) atoms. The molecule has 1 fully saturated rings. The van der Waals surface area contributed by atoms with E-state index in [1.807, 2.05) is 0 Å². The third kappa shape index (κ3) is 3.84. The minimum absolute atomic E-state index is 0.0328. The zero-order chi connectivity index (χ0) is 16.2. The first-order valence-corrected chi connectivity index (χ1v) is 7.28. The maximum absolute atomic E-state index is 13.0. The van der Waals surface area contributed by atoms with Gasteiger partial charge in [0.25, 0.3) is 0 Å². The second-order valence-electron chi connectivity index (χ2n) is 5.41. The molecule has 3 rings (SSSR count). The molecule has 2 atom stereocenters. The molecule has 2 aromatic carbocycles. The van der Waals surface area contributed by atoms with Gasteiger partial charge in [-0.2, -0.15) is 0 Å². The highest BCUT2D eigenvalue weighted by Gasteiger charge is 2.30. The van der Waals surface area contributed by atoms with Crippen molar-refractivity contribution in [3.8, 4) is 0 Å². The minimum Gasteiger partial charge on any atom is -0.379 e. The summed E-state index contributed by atoms with van der Waals surface area (Å²) >= 11 is 0. The summed E-state index contributed by atoms with van der Waals surface area (Å²) in [6, 6.07) is 11.1. The molecule has 4 nitrogen and oxygen atoms in total. The molecule has 1 aliphatic heterocycles. The highest BCUT2D eigenvalue weighted by molar-refractivity contribution is 5.89. The highest BCUT2D eigenvalue weighted by atomic mass is 19.1. The number of carbonyl (C=O) groups excluding carboxylic acids is 1. The van der Waals surface area contributed by atoms with E-state index in [2.05, 4.69) is 10.6 Å². The number of hydrogen-bond donors (Lipinski definition) is 2. The average Bonchev–Trinajstić information content (AvgIpc) is 2.98. The van der Waals surface area contributed by atoms with E-state index in [-0.39, 0.29) is 29.6 Å². The minimum atomic E-state index is -0.390. The highest BCUT2D eigenvalue weighted by Crippen LogP contribution is 2.26. The van der Waals surface area contributed by atoms with Crippen molar-refractivity contribution in [3.05, 3.63) is 65.7 Å². The van der Waals surface area contributed by atoms with Crippen molar-refractivity contribution < 1.29 is 18.3 Å². The van der Waals surface area contributed by atoms with Gasteiger partial charge in [0.1, 0.15) is 11.6 Å². The predicted molar refractivity (Wildman–Crippen MR) is 82.3 cm³/mol. The van der Waals surface area contributed by atoms with Gasteiger partial charge in [-0.3, -0.25) is 0 Å². The predicted octanol–water partition coefficient (Wildman–Crippen LogP) is 3.27. The quantitative estimate of drug-likeness (QED) is 0.912. The molecular weight excluding hydrogens is 302 g/mol. The topological polar surface area (TPSA) is 50.4 Å². The van der Waals surface area contributed by atoms with Gasteiger partial charge in [0.2, 0.25) is 0 Å². The molecule has 2 unspecified atom stereocenters. The normalized spacial score (nSPS) is 20.3. The summed E-state index contributed by atoms with van der Waals surface area (Å²) in [7, 11) is 0. The van der Waals surface area contributed by atoms with Crippen LogP contribution >= 0.6 is 0 Å². The SMILES string of the molecule is O=C(Nc1ccc(F)cc1)NC1COCC1c1ccc(F)cc1. The number of nitrogens with one attached hydrogen (secondary N) is 2. The van der Waals surface area contributed by atoms with E-state index in [0.29, 0.717) is 18.9 Å². The Kier molecular flexibility index (Phi) is 4.52. The molecule has 2 amide bonds. The van der Waals surface area contributed by atoms with E-state index in [0.717, 1.165) is 5.56 Å². The van der Waals surface area contributed by atoms with E-state index >= 15 is 0 Å². The Morgan fingerprint density at radius 3 is 2.22 bits per heavy atom. The fourth-order valence-corrected chi connectivity index (χ4v) is 2.60. The molecule has 1 saturated heterocycles. The zero-order valence-electron chi connectivity index (χ0n) is 12.3. The van der Waals surface area contributed by atoms with Crippen molar-refractivity contribution in [2.24, 2.45) is 0 Å². The summed E-state index contributed by atoms with van der Waals surface area (Å²) in [5, 5.41) is 5.49. The van der Waals surface area contributed by atoms with E-state index in [9.17, 15) is 13.6 Å². The van der Waals surface area contributed by atoms with Crippen LogP contribution in [0.2, 0.25) is 0 Å². The van der Waals surface area contributed by atoms with Crippen molar-refractivity contribution in [2.45, 2.75) is 12.0 Å². The van der Waals surface area contributed by atoms with Gasteiger partial charge >= 0.3 is 6.03 Å². The molecule has 6 heteroatoms. The van der Waals surface area contributed by atoms with Crippen LogP contribution in [0.25, 0.3) is 0 Å². The van der Waals surface area contributed by atoms with Crippen molar-refractivity contribution in [3.63, 3.8) is 0 Å². The Hall–Kier alpha value is -2.47. The summed E-state index contributed by atoms with van der Waals surface area (Å²) < 4.78 is 31.3. The van der Waals surface area contributed by atoms with Crippen molar-refractivity contribution in [1.82, 2.24) is 5.32 Å². The van der Waals surface area contributed by atoms with Crippen LogP contribution < -0.4 is 10.6 Å². The molecule has 2 aromatic rings. The maximum Gasteiger partial charge on any atom is 0.319 e. The lowest BCUT2D eigenvalue weighted by Gasteiger charge is -2.19. The largest absolute Gasteiger partial charge is 0.379 e. The maximum atomic E-state index is 13.0. The van der Waals surface area contributed by atoms with Crippen LogP contribution in [0.5, 0.6) is 0 Å². The molecular formula is C17H16F2N2O2. The number of ether oxygens (including phenoxy) is 1. The van der Waals surface area contributed by atoms with Gasteiger partial charge in [0.05, 0.1) is 19.3 Å². The molecule has 0 aromatic heterocycles. The monoisotopic (exact) mass is 318 g/mol. The Morgan fingerprint density at radius 1 is 0.957 bits per heavy atom. The molecule has 1 heterocycles. The first kappa shape index (κ1) is 15.4. The van der Waals surface area contributed by atoms with Crippen molar-refractivity contribution in [2.75, 3.05) is 18.5 Å². The van der Waals surface area contributed by atoms with Gasteiger partial charge < -0.3 is 15.4 Å². The molecule has 0 radical (unpaired) electrons.